The molecule has 7 heteroatoms. The number of methoxy groups -OCH3 is 1. The fraction of sp³-hybridized carbons (Fsp3) is 0.125. The van der Waals surface area contributed by atoms with Crippen LogP contribution in [0.2, 0.25) is 0 Å². The summed E-state index contributed by atoms with van der Waals surface area (Å²) in [5.74, 6) is 0. The lowest BCUT2D eigenvalue weighted by Crippen LogP contribution is -2.26. The Bertz CT molecular complexity index is 888. The van der Waals surface area contributed by atoms with Crippen LogP contribution >= 0.6 is 0 Å². The molecule has 7 nitrogen and oxygen atoms in total. The summed E-state index contributed by atoms with van der Waals surface area (Å²) in [4.78, 5) is 32.3. The molecular weight excluding hydrogens is 296 g/mol. The van der Waals surface area contributed by atoms with Gasteiger partial charge in [-0.05, 0) is 18.2 Å². The van der Waals surface area contributed by atoms with Crippen LogP contribution in [0.25, 0.3) is 16.7 Å². The maximum atomic E-state index is 11.6. The van der Waals surface area contributed by atoms with E-state index in [1.165, 1.54) is 18.2 Å². The molecule has 3 aromatic rings. The Morgan fingerprint density at radius 2 is 2.13 bits per heavy atom. The smallest absolute Gasteiger partial charge is 0.413 e. The fourth-order valence-corrected chi connectivity index (χ4v) is 2.29. The normalized spacial score (nSPS) is 10.5. The van der Waals surface area contributed by atoms with Gasteiger partial charge >= 0.3 is 6.09 Å². The van der Waals surface area contributed by atoms with Gasteiger partial charge in [-0.25, -0.2) is 9.78 Å². The van der Waals surface area contributed by atoms with Crippen molar-refractivity contribution in [3.63, 3.8) is 0 Å². The lowest BCUT2D eigenvalue weighted by molar-refractivity contribution is 0.112. The quantitative estimate of drug-likeness (QED) is 0.694. The van der Waals surface area contributed by atoms with Gasteiger partial charge in [0.2, 0.25) is 0 Å². The van der Waals surface area contributed by atoms with Gasteiger partial charge in [0.15, 0.2) is 6.29 Å². The van der Waals surface area contributed by atoms with Crippen LogP contribution in [0, 0.1) is 0 Å². The second-order valence-corrected chi connectivity index (χ2v) is 4.92. The van der Waals surface area contributed by atoms with Gasteiger partial charge in [-0.3, -0.25) is 19.2 Å². The second kappa shape index (κ2) is 5.88. The lowest BCUT2D eigenvalue weighted by Gasteiger charge is -2.16. The summed E-state index contributed by atoms with van der Waals surface area (Å²) >= 11 is 0. The van der Waals surface area contributed by atoms with E-state index < -0.39 is 6.09 Å². The number of aldehydes is 1. The van der Waals surface area contributed by atoms with Gasteiger partial charge in [0.05, 0.1) is 30.9 Å². The van der Waals surface area contributed by atoms with E-state index in [4.69, 9.17) is 4.74 Å². The van der Waals surface area contributed by atoms with Gasteiger partial charge in [0, 0.05) is 30.4 Å². The van der Waals surface area contributed by atoms with E-state index in [2.05, 4.69) is 9.97 Å². The van der Waals surface area contributed by atoms with Crippen LogP contribution in [0.5, 0.6) is 0 Å². The topological polar surface area (TPSA) is 77.3 Å². The van der Waals surface area contributed by atoms with Crippen molar-refractivity contribution in [3.05, 3.63) is 48.5 Å². The minimum atomic E-state index is -0.477. The van der Waals surface area contributed by atoms with Gasteiger partial charge in [0.1, 0.15) is 5.65 Å². The Kier molecular flexibility index (Phi) is 3.76. The third-order valence-electron chi connectivity index (χ3n) is 3.51. The number of fused-ring (bicyclic) bond motifs is 1. The number of anilines is 1. The van der Waals surface area contributed by atoms with E-state index in [1.807, 2.05) is 16.8 Å². The predicted octanol–water partition coefficient (Wildman–Crippen LogP) is 2.44. The molecule has 0 bridgehead atoms. The predicted molar refractivity (Wildman–Crippen MR) is 85.1 cm³/mol. The van der Waals surface area contributed by atoms with Gasteiger partial charge in [-0.1, -0.05) is 0 Å². The SMILES string of the molecule is COC(=O)N(C)c1cncc(-n2ccc3cc(C=O)cnc32)c1. The molecule has 0 fully saturated rings. The first-order chi connectivity index (χ1) is 11.1. The number of rotatable bonds is 3. The third-order valence-corrected chi connectivity index (χ3v) is 3.51. The average Bonchev–Trinajstić information content (AvgIpc) is 3.03. The molecule has 0 spiro atoms. The first-order valence-corrected chi connectivity index (χ1v) is 6.83. The highest BCUT2D eigenvalue weighted by atomic mass is 16.5. The third kappa shape index (κ3) is 2.64. The summed E-state index contributed by atoms with van der Waals surface area (Å²) in [5, 5.41) is 0.848. The molecule has 23 heavy (non-hydrogen) atoms. The molecule has 0 radical (unpaired) electrons. The van der Waals surface area contributed by atoms with Crippen LogP contribution in [0.1, 0.15) is 10.4 Å². The molecule has 0 aliphatic carbocycles. The van der Waals surface area contributed by atoms with Gasteiger partial charge in [-0.2, -0.15) is 0 Å². The van der Waals surface area contributed by atoms with Crippen LogP contribution < -0.4 is 4.90 Å². The van der Waals surface area contributed by atoms with Crippen molar-refractivity contribution in [2.75, 3.05) is 19.1 Å². The molecule has 116 valence electrons. The van der Waals surface area contributed by atoms with Crippen LogP contribution in [-0.2, 0) is 4.74 Å². The van der Waals surface area contributed by atoms with Crippen molar-refractivity contribution in [1.29, 1.82) is 0 Å². The molecule has 0 aromatic carbocycles. The van der Waals surface area contributed by atoms with E-state index in [9.17, 15) is 9.59 Å². The van der Waals surface area contributed by atoms with Crippen LogP contribution in [0.4, 0.5) is 10.5 Å². The van der Waals surface area contributed by atoms with Crippen molar-refractivity contribution in [2.45, 2.75) is 0 Å². The Morgan fingerprint density at radius 3 is 2.87 bits per heavy atom. The average molecular weight is 310 g/mol. The van der Waals surface area contributed by atoms with Crippen molar-refractivity contribution >= 4 is 29.1 Å². The summed E-state index contributed by atoms with van der Waals surface area (Å²) in [6.07, 6.45) is 6.88. The molecule has 3 heterocycles. The molecule has 0 atom stereocenters. The van der Waals surface area contributed by atoms with E-state index in [0.29, 0.717) is 16.9 Å². The van der Waals surface area contributed by atoms with E-state index in [-0.39, 0.29) is 0 Å². The Labute approximate surface area is 132 Å². The number of amides is 1. The number of hydrogen-bond acceptors (Lipinski definition) is 5. The zero-order chi connectivity index (χ0) is 16.4. The molecular formula is C16H14N4O3. The number of aromatic nitrogens is 3. The molecule has 0 aliphatic heterocycles. The molecule has 3 rings (SSSR count). The van der Waals surface area contributed by atoms with Crippen molar-refractivity contribution < 1.29 is 14.3 Å². The van der Waals surface area contributed by atoms with Gasteiger partial charge in [-0.15, -0.1) is 0 Å². The Balaban J connectivity index is 2.05. The highest BCUT2D eigenvalue weighted by Gasteiger charge is 2.13. The monoisotopic (exact) mass is 310 g/mol. The largest absolute Gasteiger partial charge is 0.452 e. The molecule has 0 unspecified atom stereocenters. The van der Waals surface area contributed by atoms with Gasteiger partial charge < -0.3 is 4.74 Å². The summed E-state index contributed by atoms with van der Waals surface area (Å²) in [6.45, 7) is 0. The number of ether oxygens (including phenoxy) is 1. The first kappa shape index (κ1) is 14.7. The van der Waals surface area contributed by atoms with Crippen molar-refractivity contribution in [1.82, 2.24) is 14.5 Å². The van der Waals surface area contributed by atoms with Crippen LogP contribution in [0.15, 0.2) is 43.0 Å². The number of nitrogens with zero attached hydrogens (tertiary/aromatic N) is 4. The lowest BCUT2D eigenvalue weighted by atomic mass is 10.2. The molecule has 0 saturated carbocycles. The Hall–Kier alpha value is -3.22. The number of hydrogen-bond donors (Lipinski definition) is 0. The fourth-order valence-electron chi connectivity index (χ4n) is 2.29. The van der Waals surface area contributed by atoms with Crippen LogP contribution in [0.3, 0.4) is 0 Å². The minimum Gasteiger partial charge on any atom is -0.452 e. The Morgan fingerprint density at radius 1 is 1.30 bits per heavy atom. The summed E-state index contributed by atoms with van der Waals surface area (Å²) < 4.78 is 6.54. The number of carbonyl (C=O) groups is 2. The molecule has 1 amide bonds. The van der Waals surface area contributed by atoms with Crippen molar-refractivity contribution in [2.24, 2.45) is 0 Å². The zero-order valence-corrected chi connectivity index (χ0v) is 12.6. The molecule has 0 N–H and O–H groups in total. The molecule has 0 saturated heterocycles. The zero-order valence-electron chi connectivity index (χ0n) is 12.6. The maximum Gasteiger partial charge on any atom is 0.413 e. The minimum absolute atomic E-state index is 0.477. The standard InChI is InChI=1S/C16H14N4O3/c1-19(16(22)23-2)13-6-14(9-17-8-13)20-4-3-12-5-11(10-21)7-18-15(12)20/h3-10H,1-2H3. The molecule has 0 aliphatic rings. The molecule has 3 aromatic heterocycles. The summed E-state index contributed by atoms with van der Waals surface area (Å²) in [7, 11) is 2.93. The van der Waals surface area contributed by atoms with E-state index >= 15 is 0 Å². The second-order valence-electron chi connectivity index (χ2n) is 4.92. The summed E-state index contributed by atoms with van der Waals surface area (Å²) in [6, 6.07) is 5.44. The van der Waals surface area contributed by atoms with Gasteiger partial charge in [0.25, 0.3) is 0 Å². The first-order valence-electron chi connectivity index (χ1n) is 6.83. The summed E-state index contributed by atoms with van der Waals surface area (Å²) in [5.41, 5.74) is 2.57. The number of carbonyl (C=O) groups excluding carboxylic acids is 2. The maximum absolute atomic E-state index is 11.6. The highest BCUT2D eigenvalue weighted by Crippen LogP contribution is 2.22. The van der Waals surface area contributed by atoms with Crippen LogP contribution in [-0.4, -0.2) is 41.1 Å². The van der Waals surface area contributed by atoms with E-state index in [1.54, 1.807) is 31.6 Å². The highest BCUT2D eigenvalue weighted by molar-refractivity contribution is 5.88. The van der Waals surface area contributed by atoms with Crippen molar-refractivity contribution in [3.8, 4) is 5.69 Å². The number of pyridine rings is 2. The van der Waals surface area contributed by atoms with E-state index in [0.717, 1.165) is 17.4 Å².